The fraction of sp³-hybridized carbons (Fsp3) is 0.438. The third kappa shape index (κ3) is 4.78. The summed E-state index contributed by atoms with van der Waals surface area (Å²) in [6.45, 7) is 3.58. The molecule has 0 radical (unpaired) electrons. The lowest BCUT2D eigenvalue weighted by molar-refractivity contribution is 0.188. The van der Waals surface area contributed by atoms with E-state index in [1.54, 1.807) is 0 Å². The molecule has 1 aliphatic heterocycles. The van der Waals surface area contributed by atoms with Crippen molar-refractivity contribution in [2.24, 2.45) is 5.73 Å². The lowest BCUT2D eigenvalue weighted by Gasteiger charge is -2.17. The highest BCUT2D eigenvalue weighted by Gasteiger charge is 2.18. The summed E-state index contributed by atoms with van der Waals surface area (Å²) >= 11 is 0. The van der Waals surface area contributed by atoms with Crippen molar-refractivity contribution in [3.05, 3.63) is 35.4 Å². The molecule has 0 aromatic heterocycles. The largest absolute Gasteiger partial charge is 0.379 e. The maximum absolute atomic E-state index is 11.9. The van der Waals surface area contributed by atoms with Crippen molar-refractivity contribution in [3.8, 4) is 11.8 Å². The highest BCUT2D eigenvalue weighted by atomic mass is 16.5. The van der Waals surface area contributed by atoms with Gasteiger partial charge in [-0.25, -0.2) is 4.79 Å². The number of nitrogens with two attached hydrogens (primary N) is 1. The molecule has 2 amide bonds. The number of nitrogens with one attached hydrogen (secondary N) is 2. The summed E-state index contributed by atoms with van der Waals surface area (Å²) in [6.07, 6.45) is 0.867. The van der Waals surface area contributed by atoms with E-state index in [9.17, 15) is 4.79 Å². The van der Waals surface area contributed by atoms with Crippen LogP contribution in [0.5, 0.6) is 0 Å². The summed E-state index contributed by atoms with van der Waals surface area (Å²) in [7, 11) is 0. The Hall–Kier alpha value is -2.03. The molecule has 1 fully saturated rings. The summed E-state index contributed by atoms with van der Waals surface area (Å²) < 4.78 is 5.23. The molecule has 21 heavy (non-hydrogen) atoms. The van der Waals surface area contributed by atoms with Crippen LogP contribution in [0.4, 0.5) is 4.79 Å². The molecular weight excluding hydrogens is 266 g/mol. The van der Waals surface area contributed by atoms with Crippen molar-refractivity contribution in [2.75, 3.05) is 19.8 Å². The molecule has 1 aromatic carbocycles. The van der Waals surface area contributed by atoms with E-state index in [1.165, 1.54) is 0 Å². The highest BCUT2D eigenvalue weighted by molar-refractivity contribution is 5.74. The molecule has 4 N–H and O–H groups in total. The van der Waals surface area contributed by atoms with Crippen LogP contribution in [0.15, 0.2) is 24.3 Å². The van der Waals surface area contributed by atoms with Crippen molar-refractivity contribution in [2.45, 2.75) is 25.4 Å². The molecule has 2 unspecified atom stereocenters. The Morgan fingerprint density at radius 1 is 1.57 bits per heavy atom. The summed E-state index contributed by atoms with van der Waals surface area (Å²) in [4.78, 5) is 11.9. The van der Waals surface area contributed by atoms with Gasteiger partial charge in [-0.1, -0.05) is 24.0 Å². The third-order valence-electron chi connectivity index (χ3n) is 3.33. The van der Waals surface area contributed by atoms with Crippen LogP contribution in [0.3, 0.4) is 0 Å². The molecule has 0 spiro atoms. The average Bonchev–Trinajstić information content (AvgIpc) is 2.98. The average molecular weight is 287 g/mol. The van der Waals surface area contributed by atoms with E-state index in [1.807, 2.05) is 31.2 Å². The van der Waals surface area contributed by atoms with Gasteiger partial charge in [0, 0.05) is 12.2 Å². The molecule has 1 aromatic rings. The van der Waals surface area contributed by atoms with E-state index in [0.29, 0.717) is 19.8 Å². The minimum atomic E-state index is -0.170. The fourth-order valence-corrected chi connectivity index (χ4v) is 2.19. The molecule has 5 nitrogen and oxygen atoms in total. The fourth-order valence-electron chi connectivity index (χ4n) is 2.19. The number of rotatable bonds is 3. The highest BCUT2D eigenvalue weighted by Crippen LogP contribution is 2.14. The Balaban J connectivity index is 1.92. The van der Waals surface area contributed by atoms with Crippen molar-refractivity contribution < 1.29 is 9.53 Å². The van der Waals surface area contributed by atoms with Gasteiger partial charge in [-0.15, -0.1) is 0 Å². The monoisotopic (exact) mass is 287 g/mol. The quantitative estimate of drug-likeness (QED) is 0.730. The van der Waals surface area contributed by atoms with E-state index >= 15 is 0 Å². The second-order valence-electron chi connectivity index (χ2n) is 5.03. The van der Waals surface area contributed by atoms with Crippen LogP contribution in [-0.2, 0) is 4.74 Å². The number of benzene rings is 1. The van der Waals surface area contributed by atoms with Crippen LogP contribution >= 0.6 is 0 Å². The van der Waals surface area contributed by atoms with Gasteiger partial charge in [-0.2, -0.15) is 0 Å². The zero-order chi connectivity index (χ0) is 15.1. The molecule has 0 aliphatic carbocycles. The Labute approximate surface area is 125 Å². The summed E-state index contributed by atoms with van der Waals surface area (Å²) in [5, 5.41) is 5.84. The van der Waals surface area contributed by atoms with Crippen molar-refractivity contribution >= 4 is 6.03 Å². The first-order valence-corrected chi connectivity index (χ1v) is 7.12. The van der Waals surface area contributed by atoms with E-state index in [4.69, 9.17) is 10.5 Å². The SMILES string of the molecule is CC(NC(=O)NC1CCOC1)c1cccc(C#CCN)c1. The molecule has 2 rings (SSSR count). The molecular formula is C16H21N3O2. The zero-order valence-corrected chi connectivity index (χ0v) is 12.2. The van der Waals surface area contributed by atoms with Gasteiger partial charge < -0.3 is 21.1 Å². The van der Waals surface area contributed by atoms with Gasteiger partial charge in [0.25, 0.3) is 0 Å². The number of hydrogen-bond acceptors (Lipinski definition) is 3. The van der Waals surface area contributed by atoms with Crippen LogP contribution in [0.1, 0.15) is 30.5 Å². The van der Waals surface area contributed by atoms with Gasteiger partial charge in [0.1, 0.15) is 0 Å². The lowest BCUT2D eigenvalue weighted by atomic mass is 10.1. The summed E-state index contributed by atoms with van der Waals surface area (Å²) in [5.74, 6) is 5.82. The minimum Gasteiger partial charge on any atom is -0.379 e. The second-order valence-corrected chi connectivity index (χ2v) is 5.03. The number of urea groups is 1. The molecule has 0 saturated carbocycles. The van der Waals surface area contributed by atoms with Crippen LogP contribution in [0.2, 0.25) is 0 Å². The topological polar surface area (TPSA) is 76.4 Å². The lowest BCUT2D eigenvalue weighted by Crippen LogP contribution is -2.43. The van der Waals surface area contributed by atoms with Gasteiger partial charge in [0.05, 0.1) is 25.2 Å². The van der Waals surface area contributed by atoms with Gasteiger partial charge in [-0.3, -0.25) is 0 Å². The first kappa shape index (κ1) is 15.4. The van der Waals surface area contributed by atoms with Gasteiger partial charge >= 0.3 is 6.03 Å². The van der Waals surface area contributed by atoms with Gasteiger partial charge in [0.2, 0.25) is 0 Å². The standard InChI is InChI=1S/C16H21N3O2/c1-12(18-16(20)19-15-7-9-21-11-15)14-6-2-4-13(10-14)5-3-8-17/h2,4,6,10,12,15H,7-9,11,17H2,1H3,(H2,18,19,20). The van der Waals surface area contributed by atoms with Crippen LogP contribution in [0.25, 0.3) is 0 Å². The number of ether oxygens (including phenoxy) is 1. The smallest absolute Gasteiger partial charge is 0.315 e. The molecule has 5 heteroatoms. The van der Waals surface area contributed by atoms with Crippen LogP contribution < -0.4 is 16.4 Å². The number of carbonyl (C=O) groups is 1. The van der Waals surface area contributed by atoms with Crippen molar-refractivity contribution in [1.29, 1.82) is 0 Å². The van der Waals surface area contributed by atoms with E-state index in [-0.39, 0.29) is 18.1 Å². The summed E-state index contributed by atoms with van der Waals surface area (Å²) in [6, 6.07) is 7.64. The van der Waals surface area contributed by atoms with E-state index in [0.717, 1.165) is 17.5 Å². The maximum atomic E-state index is 11.9. The molecule has 112 valence electrons. The molecule has 1 heterocycles. The first-order valence-electron chi connectivity index (χ1n) is 7.12. The molecule has 2 atom stereocenters. The third-order valence-corrected chi connectivity index (χ3v) is 3.33. The summed E-state index contributed by atoms with van der Waals surface area (Å²) in [5.41, 5.74) is 7.28. The van der Waals surface area contributed by atoms with Crippen molar-refractivity contribution in [1.82, 2.24) is 10.6 Å². The zero-order valence-electron chi connectivity index (χ0n) is 12.2. The Bertz CT molecular complexity index is 542. The van der Waals surface area contributed by atoms with E-state index in [2.05, 4.69) is 22.5 Å². The normalized spacial score (nSPS) is 18.5. The number of amides is 2. The minimum absolute atomic E-state index is 0.0908. The predicted molar refractivity (Wildman–Crippen MR) is 81.7 cm³/mol. The Morgan fingerprint density at radius 2 is 2.43 bits per heavy atom. The predicted octanol–water partition coefficient (Wildman–Crippen LogP) is 1.15. The molecule has 0 bridgehead atoms. The molecule has 1 aliphatic rings. The van der Waals surface area contributed by atoms with E-state index < -0.39 is 0 Å². The van der Waals surface area contributed by atoms with Crippen LogP contribution in [0, 0.1) is 11.8 Å². The second kappa shape index (κ2) is 7.67. The van der Waals surface area contributed by atoms with Gasteiger partial charge in [-0.05, 0) is 31.0 Å². The van der Waals surface area contributed by atoms with Crippen molar-refractivity contribution in [3.63, 3.8) is 0 Å². The Morgan fingerprint density at radius 3 is 3.14 bits per heavy atom. The maximum Gasteiger partial charge on any atom is 0.315 e. The van der Waals surface area contributed by atoms with Gasteiger partial charge in [0.15, 0.2) is 0 Å². The van der Waals surface area contributed by atoms with Crippen LogP contribution in [-0.4, -0.2) is 31.8 Å². The first-order chi connectivity index (χ1) is 10.2. The molecule has 1 saturated heterocycles. The Kier molecular flexibility index (Phi) is 5.61. The number of hydrogen-bond donors (Lipinski definition) is 3. The number of carbonyl (C=O) groups excluding carboxylic acids is 1.